The summed E-state index contributed by atoms with van der Waals surface area (Å²) in [4.78, 5) is 17.0. The second-order valence-corrected chi connectivity index (χ2v) is 8.52. The van der Waals surface area contributed by atoms with E-state index in [2.05, 4.69) is 28.5 Å². The second kappa shape index (κ2) is 7.85. The lowest BCUT2D eigenvalue weighted by Crippen LogP contribution is -2.28. The fraction of sp³-hybridized carbons (Fsp3) is 0.417. The van der Waals surface area contributed by atoms with Gasteiger partial charge in [-0.25, -0.2) is 0 Å². The zero-order valence-corrected chi connectivity index (χ0v) is 17.1. The Morgan fingerprint density at radius 3 is 2.80 bits per heavy atom. The van der Waals surface area contributed by atoms with E-state index in [1.165, 1.54) is 0 Å². The van der Waals surface area contributed by atoms with Gasteiger partial charge in [0.15, 0.2) is 0 Å². The Kier molecular flexibility index (Phi) is 5.05. The Labute approximate surface area is 176 Å². The lowest BCUT2D eigenvalue weighted by atomic mass is 9.92. The van der Waals surface area contributed by atoms with E-state index < -0.39 is 0 Å². The zero-order chi connectivity index (χ0) is 20.7. The number of anilines is 1. The molecule has 0 unspecified atom stereocenters. The van der Waals surface area contributed by atoms with Crippen LogP contribution in [0.5, 0.6) is 0 Å². The molecule has 6 nitrogen and oxygen atoms in total. The molecular weight excluding hydrogens is 376 g/mol. The van der Waals surface area contributed by atoms with Gasteiger partial charge >= 0.3 is 0 Å². The maximum absolute atomic E-state index is 12.7. The molecule has 0 spiro atoms. The van der Waals surface area contributed by atoms with Gasteiger partial charge in [0.1, 0.15) is 0 Å². The van der Waals surface area contributed by atoms with E-state index >= 15 is 0 Å². The highest BCUT2D eigenvalue weighted by atomic mass is 16.3. The van der Waals surface area contributed by atoms with Crippen LogP contribution in [0.15, 0.2) is 36.7 Å². The molecule has 1 fully saturated rings. The van der Waals surface area contributed by atoms with Crippen LogP contribution in [0, 0.1) is 0 Å². The molecule has 3 aromatic rings. The summed E-state index contributed by atoms with van der Waals surface area (Å²) in [5, 5.41) is 14.6. The Morgan fingerprint density at radius 2 is 2.00 bits per heavy atom. The summed E-state index contributed by atoms with van der Waals surface area (Å²) < 4.78 is 1.87. The average molecular weight is 405 g/mol. The molecule has 0 saturated heterocycles. The minimum atomic E-state index is -0.172. The summed E-state index contributed by atoms with van der Waals surface area (Å²) in [6.45, 7) is 0.467. The van der Waals surface area contributed by atoms with Crippen molar-refractivity contribution in [2.45, 2.75) is 63.6 Å². The number of nitrogens with one attached hydrogen (secondary N) is 1. The van der Waals surface area contributed by atoms with Crippen molar-refractivity contribution in [2.24, 2.45) is 5.73 Å². The standard InChI is InChI=1S/C24H28N4O2/c25-13-16-5-4-15(12-20(16)27-17-6-8-18(29)9-7-17)24-19-10-11-26-14-22(19)28-21(24)2-1-3-23(28)30/h4-5,10-12,14,17-18,27,29H,1-3,6-9,13,25H2. The van der Waals surface area contributed by atoms with E-state index in [4.69, 9.17) is 5.73 Å². The topological polar surface area (TPSA) is 93.2 Å². The van der Waals surface area contributed by atoms with Gasteiger partial charge in [-0.2, -0.15) is 0 Å². The number of pyridine rings is 1. The SMILES string of the molecule is NCc1ccc(-c2c3n(c4cnccc24)C(=O)CCC3)cc1NC1CCC(O)CC1. The van der Waals surface area contributed by atoms with Gasteiger partial charge in [0, 0.05) is 47.5 Å². The normalized spacial score (nSPS) is 21.6. The fourth-order valence-corrected chi connectivity index (χ4v) is 5.04. The minimum absolute atomic E-state index is 0.151. The highest BCUT2D eigenvalue weighted by Crippen LogP contribution is 2.39. The van der Waals surface area contributed by atoms with Crippen molar-refractivity contribution in [1.82, 2.24) is 9.55 Å². The molecule has 30 heavy (non-hydrogen) atoms. The Hall–Kier alpha value is -2.70. The highest BCUT2D eigenvalue weighted by Gasteiger charge is 2.26. The number of aromatic nitrogens is 2. The first-order valence-corrected chi connectivity index (χ1v) is 10.9. The predicted octanol–water partition coefficient (Wildman–Crippen LogP) is 3.85. The summed E-state index contributed by atoms with van der Waals surface area (Å²) in [7, 11) is 0. The minimum Gasteiger partial charge on any atom is -0.393 e. The third-order valence-electron chi connectivity index (χ3n) is 6.60. The Morgan fingerprint density at radius 1 is 1.17 bits per heavy atom. The first-order valence-electron chi connectivity index (χ1n) is 10.9. The fourth-order valence-electron chi connectivity index (χ4n) is 5.04. The van der Waals surface area contributed by atoms with Gasteiger partial charge in [-0.1, -0.05) is 12.1 Å². The molecule has 1 aliphatic carbocycles. The van der Waals surface area contributed by atoms with Crippen molar-refractivity contribution in [1.29, 1.82) is 0 Å². The van der Waals surface area contributed by atoms with Gasteiger partial charge in [-0.05, 0) is 61.8 Å². The number of hydrogen-bond donors (Lipinski definition) is 3. The van der Waals surface area contributed by atoms with Crippen LogP contribution in [0.25, 0.3) is 22.0 Å². The number of rotatable bonds is 4. The number of hydrogen-bond acceptors (Lipinski definition) is 5. The second-order valence-electron chi connectivity index (χ2n) is 8.52. The average Bonchev–Trinajstić information content (AvgIpc) is 3.11. The van der Waals surface area contributed by atoms with Crippen LogP contribution < -0.4 is 11.1 Å². The lowest BCUT2D eigenvalue weighted by Gasteiger charge is -2.28. The largest absolute Gasteiger partial charge is 0.393 e. The van der Waals surface area contributed by atoms with E-state index in [1.54, 1.807) is 12.4 Å². The number of nitrogens with two attached hydrogens (primary N) is 1. The van der Waals surface area contributed by atoms with Crippen LogP contribution in [-0.2, 0) is 13.0 Å². The van der Waals surface area contributed by atoms with Crippen molar-refractivity contribution in [2.75, 3.05) is 5.32 Å². The first kappa shape index (κ1) is 19.3. The Balaban J connectivity index is 1.60. The molecule has 6 heteroatoms. The third kappa shape index (κ3) is 3.30. The number of benzene rings is 1. The molecule has 5 rings (SSSR count). The van der Waals surface area contributed by atoms with Crippen molar-refractivity contribution in [3.05, 3.63) is 47.9 Å². The predicted molar refractivity (Wildman–Crippen MR) is 119 cm³/mol. The number of carbonyl (C=O) groups is 1. The van der Waals surface area contributed by atoms with E-state index in [0.717, 1.165) is 77.5 Å². The van der Waals surface area contributed by atoms with Gasteiger partial charge < -0.3 is 16.2 Å². The molecule has 2 aliphatic rings. The maximum Gasteiger partial charge on any atom is 0.231 e. The highest BCUT2D eigenvalue weighted by molar-refractivity contribution is 6.04. The van der Waals surface area contributed by atoms with Crippen LogP contribution >= 0.6 is 0 Å². The van der Waals surface area contributed by atoms with E-state index in [1.807, 2.05) is 10.6 Å². The van der Waals surface area contributed by atoms with Crippen LogP contribution in [0.3, 0.4) is 0 Å². The maximum atomic E-state index is 12.7. The van der Waals surface area contributed by atoms with E-state index in [0.29, 0.717) is 19.0 Å². The number of nitrogens with zero attached hydrogens (tertiary/aromatic N) is 2. The molecule has 0 radical (unpaired) electrons. The number of aliphatic hydroxyl groups excluding tert-OH is 1. The lowest BCUT2D eigenvalue weighted by molar-refractivity contribution is 0.0890. The molecule has 4 N–H and O–H groups in total. The summed E-state index contributed by atoms with van der Waals surface area (Å²) in [5.41, 5.74) is 12.4. The molecule has 1 aliphatic heterocycles. The molecule has 156 valence electrons. The van der Waals surface area contributed by atoms with E-state index in [-0.39, 0.29) is 12.0 Å². The van der Waals surface area contributed by atoms with Crippen LogP contribution in [0.1, 0.15) is 54.6 Å². The molecular formula is C24H28N4O2. The van der Waals surface area contributed by atoms with Gasteiger partial charge in [0.25, 0.3) is 0 Å². The van der Waals surface area contributed by atoms with Crippen molar-refractivity contribution >= 4 is 22.5 Å². The molecule has 1 aromatic carbocycles. The summed E-state index contributed by atoms with van der Waals surface area (Å²) in [6, 6.07) is 8.75. The number of carbonyl (C=O) groups excluding carboxylic acids is 1. The molecule has 0 atom stereocenters. The molecule has 0 bridgehead atoms. The van der Waals surface area contributed by atoms with Gasteiger partial charge in [-0.3, -0.25) is 14.3 Å². The number of fused-ring (bicyclic) bond motifs is 3. The zero-order valence-electron chi connectivity index (χ0n) is 17.1. The molecule has 0 amide bonds. The summed E-state index contributed by atoms with van der Waals surface area (Å²) >= 11 is 0. The van der Waals surface area contributed by atoms with Crippen LogP contribution in [0.2, 0.25) is 0 Å². The third-order valence-corrected chi connectivity index (χ3v) is 6.60. The van der Waals surface area contributed by atoms with Gasteiger partial charge in [-0.15, -0.1) is 0 Å². The number of aliphatic hydroxyl groups is 1. The molecule has 1 saturated carbocycles. The summed E-state index contributed by atoms with van der Waals surface area (Å²) in [5.74, 6) is 0.151. The first-order chi connectivity index (χ1) is 14.7. The van der Waals surface area contributed by atoms with Crippen LogP contribution in [-0.4, -0.2) is 32.7 Å². The van der Waals surface area contributed by atoms with E-state index in [9.17, 15) is 9.90 Å². The van der Waals surface area contributed by atoms with Gasteiger partial charge in [0.05, 0.1) is 17.8 Å². The van der Waals surface area contributed by atoms with Crippen LogP contribution in [0.4, 0.5) is 5.69 Å². The Bertz CT molecular complexity index is 1100. The summed E-state index contributed by atoms with van der Waals surface area (Å²) in [6.07, 6.45) is 9.36. The quantitative estimate of drug-likeness (QED) is 0.614. The van der Waals surface area contributed by atoms with Crippen molar-refractivity contribution in [3.63, 3.8) is 0 Å². The van der Waals surface area contributed by atoms with Crippen molar-refractivity contribution in [3.8, 4) is 11.1 Å². The monoisotopic (exact) mass is 404 g/mol. The van der Waals surface area contributed by atoms with Gasteiger partial charge in [0.2, 0.25) is 5.91 Å². The molecule has 2 aromatic heterocycles. The van der Waals surface area contributed by atoms with Crippen molar-refractivity contribution < 1.29 is 9.90 Å². The molecule has 3 heterocycles. The smallest absolute Gasteiger partial charge is 0.231 e.